The first-order chi connectivity index (χ1) is 11.9. The second-order valence-corrected chi connectivity index (χ2v) is 6.95. The van der Waals surface area contributed by atoms with Crippen LogP contribution in [0.1, 0.15) is 38.7 Å². The van der Waals surface area contributed by atoms with Gasteiger partial charge in [0.2, 0.25) is 0 Å². The number of β-amino-alcohol motifs (C(OH)–C–C–N with tert-alkyl or cyclic N) is 1. The first-order valence-corrected chi connectivity index (χ1v) is 8.88. The maximum Gasteiger partial charge on any atom is 0.325 e. The highest BCUT2D eigenvalue weighted by Crippen LogP contribution is 2.23. The van der Waals surface area contributed by atoms with Gasteiger partial charge >= 0.3 is 6.03 Å². The van der Waals surface area contributed by atoms with Gasteiger partial charge in [-0.2, -0.15) is 0 Å². The van der Waals surface area contributed by atoms with Gasteiger partial charge in [0.25, 0.3) is 5.91 Å². The average Bonchev–Trinajstić information content (AvgIpc) is 2.78. The van der Waals surface area contributed by atoms with Gasteiger partial charge in [0.15, 0.2) is 0 Å². The molecule has 1 aliphatic rings. The molecule has 2 N–H and O–H groups in total. The Morgan fingerprint density at radius 3 is 2.76 bits per heavy atom. The van der Waals surface area contributed by atoms with Crippen LogP contribution in [-0.4, -0.2) is 46.7 Å². The van der Waals surface area contributed by atoms with Crippen LogP contribution in [0.3, 0.4) is 0 Å². The van der Waals surface area contributed by atoms with E-state index in [0.29, 0.717) is 11.4 Å². The Morgan fingerprint density at radius 2 is 2.08 bits per heavy atom. The van der Waals surface area contributed by atoms with E-state index in [4.69, 9.17) is 16.3 Å². The van der Waals surface area contributed by atoms with Crippen LogP contribution >= 0.6 is 11.6 Å². The fraction of sp³-hybridized carbons (Fsp3) is 0.556. The Hall–Kier alpha value is -1.63. The van der Waals surface area contributed by atoms with Gasteiger partial charge in [0.05, 0.1) is 25.9 Å². The molecule has 2 atom stereocenters. The molecule has 0 saturated carbocycles. The number of aliphatic hydroxyl groups is 1. The average molecular weight is 369 g/mol. The quantitative estimate of drug-likeness (QED) is 0.657. The summed E-state index contributed by atoms with van der Waals surface area (Å²) >= 11 is 6.04. The molecule has 7 heteroatoms. The van der Waals surface area contributed by atoms with Gasteiger partial charge in [-0.3, -0.25) is 9.69 Å². The van der Waals surface area contributed by atoms with Crippen molar-refractivity contribution in [2.24, 2.45) is 0 Å². The maximum atomic E-state index is 12.5. The van der Waals surface area contributed by atoms with E-state index >= 15 is 0 Å². The number of hydrogen-bond donors (Lipinski definition) is 2. The number of rotatable bonds is 9. The van der Waals surface area contributed by atoms with Crippen molar-refractivity contribution in [2.45, 2.75) is 51.4 Å². The van der Waals surface area contributed by atoms with Crippen molar-refractivity contribution in [3.8, 4) is 0 Å². The first-order valence-electron chi connectivity index (χ1n) is 8.50. The highest BCUT2D eigenvalue weighted by molar-refractivity contribution is 6.31. The van der Waals surface area contributed by atoms with Crippen molar-refractivity contribution in [3.05, 3.63) is 34.9 Å². The zero-order valence-electron chi connectivity index (χ0n) is 14.6. The highest BCUT2D eigenvalue weighted by atomic mass is 35.5. The molecule has 2 unspecified atom stereocenters. The van der Waals surface area contributed by atoms with E-state index in [1.165, 1.54) is 0 Å². The van der Waals surface area contributed by atoms with Crippen LogP contribution < -0.4 is 5.32 Å². The molecular formula is C18H25ClN2O4. The zero-order valence-corrected chi connectivity index (χ0v) is 15.4. The van der Waals surface area contributed by atoms with Crippen molar-refractivity contribution in [2.75, 3.05) is 13.2 Å². The Labute approximate surface area is 153 Å². The van der Waals surface area contributed by atoms with Gasteiger partial charge in [0, 0.05) is 5.02 Å². The third kappa shape index (κ3) is 4.93. The number of aliphatic hydroxyl groups excluding tert-OH is 1. The van der Waals surface area contributed by atoms with E-state index in [1.54, 1.807) is 13.0 Å². The summed E-state index contributed by atoms with van der Waals surface area (Å²) in [6.45, 7) is 3.93. The molecule has 1 aromatic rings. The highest BCUT2D eigenvalue weighted by Gasteiger charge is 2.47. The molecule has 0 spiro atoms. The number of carbonyl (C=O) groups is 2. The Morgan fingerprint density at radius 1 is 1.36 bits per heavy atom. The van der Waals surface area contributed by atoms with E-state index in [2.05, 4.69) is 5.32 Å². The van der Waals surface area contributed by atoms with E-state index < -0.39 is 17.7 Å². The van der Waals surface area contributed by atoms with Crippen molar-refractivity contribution in [1.29, 1.82) is 0 Å². The van der Waals surface area contributed by atoms with Gasteiger partial charge in [-0.15, -0.1) is 0 Å². The molecule has 0 radical (unpaired) electrons. The van der Waals surface area contributed by atoms with Crippen LogP contribution in [0.15, 0.2) is 24.3 Å². The lowest BCUT2D eigenvalue weighted by molar-refractivity contribution is -0.132. The summed E-state index contributed by atoms with van der Waals surface area (Å²) in [5, 5.41) is 13.4. The number of halogens is 1. The van der Waals surface area contributed by atoms with Crippen LogP contribution in [0.25, 0.3) is 0 Å². The normalized spacial score (nSPS) is 21.5. The zero-order chi connectivity index (χ0) is 18.4. The van der Waals surface area contributed by atoms with E-state index in [-0.39, 0.29) is 25.7 Å². The number of unbranched alkanes of at least 4 members (excludes halogenated alkanes) is 1. The lowest BCUT2D eigenvalue weighted by atomic mass is 9.95. The minimum absolute atomic E-state index is 0.00789. The minimum Gasteiger partial charge on any atom is -0.389 e. The van der Waals surface area contributed by atoms with Gasteiger partial charge in [-0.25, -0.2) is 4.79 Å². The lowest BCUT2D eigenvalue weighted by Gasteiger charge is -2.22. The molecule has 138 valence electrons. The molecule has 0 aliphatic carbocycles. The Balaban J connectivity index is 1.83. The summed E-state index contributed by atoms with van der Waals surface area (Å²) in [5.74, 6) is -0.295. The number of imide groups is 1. The summed E-state index contributed by atoms with van der Waals surface area (Å²) in [5.41, 5.74) is -0.0656. The standard InChI is InChI=1S/C18H25ClN2O4/c1-3-4-9-18(2)16(23)21(17(24)20-18)10-14(22)12-25-11-13-7-5-6-8-15(13)19/h5-8,14,22H,3-4,9-12H2,1-2H3,(H,20,24). The smallest absolute Gasteiger partial charge is 0.325 e. The molecule has 1 aromatic carbocycles. The topological polar surface area (TPSA) is 78.9 Å². The number of nitrogens with zero attached hydrogens (tertiary/aromatic N) is 1. The number of benzene rings is 1. The predicted molar refractivity (Wildman–Crippen MR) is 95.3 cm³/mol. The van der Waals surface area contributed by atoms with E-state index in [9.17, 15) is 14.7 Å². The summed E-state index contributed by atoms with van der Waals surface area (Å²) in [6.07, 6.45) is 1.42. The van der Waals surface area contributed by atoms with Crippen molar-refractivity contribution in [1.82, 2.24) is 10.2 Å². The van der Waals surface area contributed by atoms with E-state index in [0.717, 1.165) is 23.3 Å². The fourth-order valence-corrected chi connectivity index (χ4v) is 2.99. The number of urea groups is 1. The number of hydrogen-bond acceptors (Lipinski definition) is 4. The second kappa shape index (κ2) is 8.65. The molecule has 2 rings (SSSR count). The van der Waals surface area contributed by atoms with E-state index in [1.807, 2.05) is 25.1 Å². The van der Waals surface area contributed by atoms with Crippen molar-refractivity contribution >= 4 is 23.5 Å². The van der Waals surface area contributed by atoms with Crippen molar-refractivity contribution in [3.63, 3.8) is 0 Å². The van der Waals surface area contributed by atoms with Crippen LogP contribution in [0, 0.1) is 0 Å². The second-order valence-electron chi connectivity index (χ2n) is 6.54. The SMILES string of the molecule is CCCCC1(C)NC(=O)N(CC(O)COCc2ccccc2Cl)C1=O. The maximum absolute atomic E-state index is 12.5. The number of nitrogens with one attached hydrogen (secondary N) is 1. The summed E-state index contributed by atoms with van der Waals surface area (Å²) in [6, 6.07) is 6.82. The fourth-order valence-electron chi connectivity index (χ4n) is 2.80. The first kappa shape index (κ1) is 19.7. The van der Waals surface area contributed by atoms with Gasteiger partial charge < -0.3 is 15.2 Å². The summed E-state index contributed by atoms with van der Waals surface area (Å²) in [7, 11) is 0. The summed E-state index contributed by atoms with van der Waals surface area (Å²) < 4.78 is 5.46. The van der Waals surface area contributed by atoms with Crippen molar-refractivity contribution < 1.29 is 19.4 Å². The molecule has 25 heavy (non-hydrogen) atoms. The lowest BCUT2D eigenvalue weighted by Crippen LogP contribution is -2.44. The van der Waals surface area contributed by atoms with Gasteiger partial charge in [0.1, 0.15) is 5.54 Å². The third-order valence-corrected chi connectivity index (χ3v) is 4.66. The molecule has 1 aliphatic heterocycles. The number of amides is 3. The molecule has 1 saturated heterocycles. The largest absolute Gasteiger partial charge is 0.389 e. The monoisotopic (exact) mass is 368 g/mol. The van der Waals surface area contributed by atoms with Crippen LogP contribution in [0.4, 0.5) is 4.79 Å². The van der Waals surface area contributed by atoms with Crippen LogP contribution in [-0.2, 0) is 16.1 Å². The molecule has 0 bridgehead atoms. The number of ether oxygens (including phenoxy) is 1. The molecule has 1 heterocycles. The Bertz CT molecular complexity index is 625. The third-order valence-electron chi connectivity index (χ3n) is 4.29. The minimum atomic E-state index is -0.953. The van der Waals surface area contributed by atoms with Crippen LogP contribution in [0.5, 0.6) is 0 Å². The molecule has 1 fully saturated rings. The molecular weight excluding hydrogens is 344 g/mol. The van der Waals surface area contributed by atoms with Gasteiger partial charge in [-0.1, -0.05) is 49.6 Å². The predicted octanol–water partition coefficient (Wildman–Crippen LogP) is 2.72. The molecule has 6 nitrogen and oxygen atoms in total. The summed E-state index contributed by atoms with van der Waals surface area (Å²) in [4.78, 5) is 25.6. The molecule has 0 aromatic heterocycles. The van der Waals surface area contributed by atoms with Crippen LogP contribution in [0.2, 0.25) is 5.02 Å². The Kier molecular flexibility index (Phi) is 6.81. The number of carbonyl (C=O) groups excluding carboxylic acids is 2. The van der Waals surface area contributed by atoms with Gasteiger partial charge in [-0.05, 0) is 25.0 Å². The molecule has 3 amide bonds.